The summed E-state index contributed by atoms with van der Waals surface area (Å²) in [7, 11) is 1.73. The maximum atomic E-state index is 12.0. The minimum Gasteiger partial charge on any atom is -0.292 e. The predicted molar refractivity (Wildman–Crippen MR) is 54.0 cm³/mol. The zero-order chi connectivity index (χ0) is 10.9. The Bertz CT molecular complexity index is 335. The quantitative estimate of drug-likeness (QED) is 0.674. The predicted octanol–water partition coefficient (Wildman–Crippen LogP) is 1.68. The van der Waals surface area contributed by atoms with Crippen LogP contribution in [0, 0.1) is 11.3 Å². The van der Waals surface area contributed by atoms with Crippen LogP contribution < -0.4 is 0 Å². The molecule has 4 heteroatoms. The first kappa shape index (κ1) is 10.9. The number of aryl methyl sites for hydroxylation is 1. The molecule has 0 spiro atoms. The molecular formula is C10H17N3O. The third-order valence-electron chi connectivity index (χ3n) is 2.66. The summed E-state index contributed by atoms with van der Waals surface area (Å²) in [5.41, 5.74) is 0.550. The second-order valence-corrected chi connectivity index (χ2v) is 4.69. The van der Waals surface area contributed by atoms with Crippen LogP contribution in [0.15, 0.2) is 6.20 Å². The van der Waals surface area contributed by atoms with Crippen molar-refractivity contribution in [1.82, 2.24) is 15.0 Å². The molecule has 0 aromatic carbocycles. The van der Waals surface area contributed by atoms with Gasteiger partial charge in [0.1, 0.15) is 5.69 Å². The van der Waals surface area contributed by atoms with Crippen molar-refractivity contribution in [2.45, 2.75) is 27.7 Å². The van der Waals surface area contributed by atoms with Crippen LogP contribution in [0.4, 0.5) is 0 Å². The van der Waals surface area contributed by atoms with Crippen molar-refractivity contribution in [1.29, 1.82) is 0 Å². The van der Waals surface area contributed by atoms with Crippen LogP contribution in [-0.2, 0) is 7.05 Å². The molecule has 1 atom stereocenters. The van der Waals surface area contributed by atoms with Crippen LogP contribution in [0.1, 0.15) is 38.2 Å². The van der Waals surface area contributed by atoms with E-state index in [-0.39, 0.29) is 17.1 Å². The van der Waals surface area contributed by atoms with E-state index in [2.05, 4.69) is 31.1 Å². The molecule has 1 rings (SSSR count). The summed E-state index contributed by atoms with van der Waals surface area (Å²) < 4.78 is 1.52. The number of nitrogens with zero attached hydrogens (tertiary/aromatic N) is 3. The van der Waals surface area contributed by atoms with E-state index in [1.165, 1.54) is 10.9 Å². The fraction of sp³-hybridized carbons (Fsp3) is 0.700. The molecule has 0 saturated heterocycles. The molecule has 0 amide bonds. The number of hydrogen-bond donors (Lipinski definition) is 0. The summed E-state index contributed by atoms with van der Waals surface area (Å²) in [6, 6.07) is 0. The molecule has 0 aliphatic heterocycles. The highest BCUT2D eigenvalue weighted by Gasteiger charge is 2.29. The Morgan fingerprint density at radius 3 is 2.43 bits per heavy atom. The average Bonchev–Trinajstić information content (AvgIpc) is 2.47. The lowest BCUT2D eigenvalue weighted by molar-refractivity contribution is 0.0829. The second kappa shape index (κ2) is 3.52. The van der Waals surface area contributed by atoms with Gasteiger partial charge in [0.25, 0.3) is 0 Å². The van der Waals surface area contributed by atoms with Crippen molar-refractivity contribution in [2.75, 3.05) is 0 Å². The molecule has 0 bridgehead atoms. The van der Waals surface area contributed by atoms with Crippen molar-refractivity contribution in [3.8, 4) is 0 Å². The Hall–Kier alpha value is -1.19. The van der Waals surface area contributed by atoms with Crippen molar-refractivity contribution >= 4 is 5.78 Å². The van der Waals surface area contributed by atoms with Gasteiger partial charge in [0.05, 0.1) is 6.20 Å². The third kappa shape index (κ3) is 2.00. The molecule has 4 nitrogen and oxygen atoms in total. The zero-order valence-electron chi connectivity index (χ0n) is 9.40. The standard InChI is InChI=1S/C10H17N3O/c1-7(10(2,3)4)9(14)8-6-11-12-13(8)5/h6-7H,1-5H3. The summed E-state index contributed by atoms with van der Waals surface area (Å²) in [6.45, 7) is 8.10. The summed E-state index contributed by atoms with van der Waals surface area (Å²) in [5, 5.41) is 7.45. The number of carbonyl (C=O) groups excluding carboxylic acids is 1. The molecule has 78 valence electrons. The maximum absolute atomic E-state index is 12.0. The van der Waals surface area contributed by atoms with Crippen LogP contribution in [-0.4, -0.2) is 20.8 Å². The number of Topliss-reactive ketones (excluding diaryl/α,β-unsaturated/α-hetero) is 1. The fourth-order valence-electron chi connectivity index (χ4n) is 1.13. The Kier molecular flexibility index (Phi) is 2.73. The maximum Gasteiger partial charge on any atom is 0.185 e. The minimum atomic E-state index is -0.0281. The highest BCUT2D eigenvalue weighted by molar-refractivity contribution is 5.96. The van der Waals surface area contributed by atoms with Gasteiger partial charge < -0.3 is 0 Å². The van der Waals surface area contributed by atoms with Gasteiger partial charge >= 0.3 is 0 Å². The number of carbonyl (C=O) groups is 1. The summed E-state index contributed by atoms with van der Waals surface area (Å²) in [6.07, 6.45) is 1.52. The molecule has 1 unspecified atom stereocenters. The van der Waals surface area contributed by atoms with Gasteiger partial charge in [0, 0.05) is 13.0 Å². The zero-order valence-corrected chi connectivity index (χ0v) is 9.40. The lowest BCUT2D eigenvalue weighted by atomic mass is 9.79. The van der Waals surface area contributed by atoms with Gasteiger partial charge in [0.15, 0.2) is 5.78 Å². The molecule has 1 aromatic heterocycles. The lowest BCUT2D eigenvalue weighted by Gasteiger charge is -2.25. The monoisotopic (exact) mass is 195 g/mol. The highest BCUT2D eigenvalue weighted by Crippen LogP contribution is 2.27. The van der Waals surface area contributed by atoms with Crippen molar-refractivity contribution < 1.29 is 4.79 Å². The highest BCUT2D eigenvalue weighted by atomic mass is 16.1. The SMILES string of the molecule is CC(C(=O)c1cnnn1C)C(C)(C)C. The lowest BCUT2D eigenvalue weighted by Crippen LogP contribution is -2.27. The van der Waals surface area contributed by atoms with E-state index in [4.69, 9.17) is 0 Å². The van der Waals surface area contributed by atoms with Crippen LogP contribution in [0.5, 0.6) is 0 Å². The molecule has 0 saturated carbocycles. The summed E-state index contributed by atoms with van der Waals surface area (Å²) >= 11 is 0. The number of hydrogen-bond acceptors (Lipinski definition) is 3. The molecule has 0 radical (unpaired) electrons. The van der Waals surface area contributed by atoms with Gasteiger partial charge in [-0.3, -0.25) is 4.79 Å². The first-order chi connectivity index (χ1) is 6.34. The van der Waals surface area contributed by atoms with E-state index in [0.717, 1.165) is 0 Å². The molecule has 0 fully saturated rings. The Labute approximate surface area is 84.3 Å². The van der Waals surface area contributed by atoms with Gasteiger partial charge in [0.2, 0.25) is 0 Å². The number of aromatic nitrogens is 3. The molecule has 14 heavy (non-hydrogen) atoms. The Morgan fingerprint density at radius 2 is 2.07 bits per heavy atom. The van der Waals surface area contributed by atoms with Crippen LogP contribution >= 0.6 is 0 Å². The largest absolute Gasteiger partial charge is 0.292 e. The van der Waals surface area contributed by atoms with Crippen molar-refractivity contribution in [3.63, 3.8) is 0 Å². The molecule has 0 aliphatic carbocycles. The average molecular weight is 195 g/mol. The third-order valence-corrected chi connectivity index (χ3v) is 2.66. The molecule has 1 heterocycles. The fourth-order valence-corrected chi connectivity index (χ4v) is 1.13. The minimum absolute atomic E-state index is 0.0264. The summed E-state index contributed by atoms with van der Waals surface area (Å²) in [5.74, 6) is 0.0738. The topological polar surface area (TPSA) is 47.8 Å². The molecule has 0 aliphatic rings. The summed E-state index contributed by atoms with van der Waals surface area (Å²) in [4.78, 5) is 12.0. The van der Waals surface area contributed by atoms with Gasteiger partial charge in [-0.2, -0.15) is 0 Å². The first-order valence-corrected chi connectivity index (χ1v) is 4.73. The van der Waals surface area contributed by atoms with E-state index in [0.29, 0.717) is 5.69 Å². The second-order valence-electron chi connectivity index (χ2n) is 4.69. The molecule has 0 N–H and O–H groups in total. The van der Waals surface area contributed by atoms with Crippen molar-refractivity contribution in [3.05, 3.63) is 11.9 Å². The smallest absolute Gasteiger partial charge is 0.185 e. The van der Waals surface area contributed by atoms with Crippen LogP contribution in [0.25, 0.3) is 0 Å². The van der Waals surface area contributed by atoms with E-state index in [1.807, 2.05) is 6.92 Å². The number of rotatable bonds is 2. The molecular weight excluding hydrogens is 178 g/mol. The normalized spacial score (nSPS) is 14.1. The van der Waals surface area contributed by atoms with Crippen molar-refractivity contribution in [2.24, 2.45) is 18.4 Å². The van der Waals surface area contributed by atoms with E-state index >= 15 is 0 Å². The first-order valence-electron chi connectivity index (χ1n) is 4.73. The number of ketones is 1. The Morgan fingerprint density at radius 1 is 1.50 bits per heavy atom. The van der Waals surface area contributed by atoms with Gasteiger partial charge in [-0.1, -0.05) is 32.9 Å². The Balaban J connectivity index is 2.92. The van der Waals surface area contributed by atoms with Crippen LogP contribution in [0.2, 0.25) is 0 Å². The van der Waals surface area contributed by atoms with Gasteiger partial charge in [-0.15, -0.1) is 5.10 Å². The van der Waals surface area contributed by atoms with Gasteiger partial charge in [-0.05, 0) is 5.41 Å². The molecule has 1 aromatic rings. The van der Waals surface area contributed by atoms with E-state index in [1.54, 1.807) is 7.05 Å². The van der Waals surface area contributed by atoms with E-state index in [9.17, 15) is 4.79 Å². The van der Waals surface area contributed by atoms with Gasteiger partial charge in [-0.25, -0.2) is 4.68 Å². The van der Waals surface area contributed by atoms with E-state index < -0.39 is 0 Å². The van der Waals surface area contributed by atoms with Crippen LogP contribution in [0.3, 0.4) is 0 Å².